The molecule has 3 N–H and O–H groups in total. The van der Waals surface area contributed by atoms with Crippen molar-refractivity contribution in [3.05, 3.63) is 59.7 Å². The topological polar surface area (TPSA) is 80.8 Å². The molecular formula is C25H26FN5O. The Bertz CT molecular complexity index is 1310. The van der Waals surface area contributed by atoms with Crippen LogP contribution in [0.5, 0.6) is 5.75 Å². The highest BCUT2D eigenvalue weighted by Gasteiger charge is 2.20. The van der Waals surface area contributed by atoms with Crippen LogP contribution in [-0.2, 0) is 6.42 Å². The van der Waals surface area contributed by atoms with Crippen molar-refractivity contribution in [3.8, 4) is 28.4 Å². The van der Waals surface area contributed by atoms with E-state index in [1.165, 1.54) is 6.42 Å². The summed E-state index contributed by atoms with van der Waals surface area (Å²) in [5.74, 6) is 0.414. The van der Waals surface area contributed by atoms with Gasteiger partial charge >= 0.3 is 0 Å². The van der Waals surface area contributed by atoms with E-state index < -0.39 is 0 Å². The number of phenolic OH excluding ortho intramolecular Hbond substituents is 1. The molecule has 7 heteroatoms. The van der Waals surface area contributed by atoms with E-state index in [1.54, 1.807) is 24.3 Å². The molecule has 2 aromatic heterocycles. The summed E-state index contributed by atoms with van der Waals surface area (Å²) in [6, 6.07) is 9.09. The average molecular weight is 432 g/mol. The second-order valence-corrected chi connectivity index (χ2v) is 8.34. The van der Waals surface area contributed by atoms with Gasteiger partial charge in [0.25, 0.3) is 0 Å². The molecule has 0 saturated carbocycles. The van der Waals surface area contributed by atoms with Gasteiger partial charge in [0.15, 0.2) is 11.6 Å². The largest absolute Gasteiger partial charge is 0.508 e. The highest BCUT2D eigenvalue weighted by Crippen LogP contribution is 2.35. The van der Waals surface area contributed by atoms with Crippen LogP contribution in [0.3, 0.4) is 0 Å². The molecule has 164 valence electrons. The molecule has 0 spiro atoms. The van der Waals surface area contributed by atoms with Crippen LogP contribution in [0.25, 0.3) is 39.6 Å². The van der Waals surface area contributed by atoms with Crippen molar-refractivity contribution in [1.82, 2.24) is 25.1 Å². The number of likely N-dealkylation sites (N-methyl/N-ethyl adjacent to an activating group) is 1. The van der Waals surface area contributed by atoms with Gasteiger partial charge in [-0.25, -0.2) is 9.37 Å². The first kappa shape index (κ1) is 20.5. The Morgan fingerprint density at radius 3 is 2.88 bits per heavy atom. The second kappa shape index (κ2) is 8.24. The summed E-state index contributed by atoms with van der Waals surface area (Å²) >= 11 is 0. The molecule has 0 aliphatic carbocycles. The number of nitrogens with one attached hydrogen (secondary N) is 2. The molecule has 3 heterocycles. The number of phenols is 1. The summed E-state index contributed by atoms with van der Waals surface area (Å²) in [5, 5.41) is 17.6. The fourth-order valence-electron chi connectivity index (χ4n) is 4.51. The summed E-state index contributed by atoms with van der Waals surface area (Å²) < 4.78 is 15.5. The van der Waals surface area contributed by atoms with Gasteiger partial charge in [0.1, 0.15) is 17.0 Å². The van der Waals surface area contributed by atoms with E-state index in [9.17, 15) is 5.11 Å². The molecule has 6 nitrogen and oxygen atoms in total. The molecule has 0 unspecified atom stereocenters. The standard InChI is InChI=1S/C25H26FN5O/c1-3-15-13-18(32)8-9-19(15)20-10-11-21-23(22(20)26)29-30-24(21)25-27-14-16(28-25)6-7-17-5-4-12-31(17)2/h6-11,13-14,17,32H,3-5,12H2,1-2H3,(H,27,28)(H,29,30)/b7-6+/t17-/m0/s1. The highest BCUT2D eigenvalue weighted by atomic mass is 19.1. The quantitative estimate of drug-likeness (QED) is 0.409. The van der Waals surface area contributed by atoms with Gasteiger partial charge in [-0.2, -0.15) is 5.10 Å². The molecule has 1 aliphatic heterocycles. The van der Waals surface area contributed by atoms with Gasteiger partial charge < -0.3 is 10.1 Å². The van der Waals surface area contributed by atoms with Crippen molar-refractivity contribution in [2.45, 2.75) is 32.2 Å². The number of fused-ring (bicyclic) bond motifs is 1. The third-order valence-electron chi connectivity index (χ3n) is 6.32. The predicted molar refractivity (Wildman–Crippen MR) is 125 cm³/mol. The molecule has 0 amide bonds. The second-order valence-electron chi connectivity index (χ2n) is 8.34. The number of aryl methyl sites for hydroxylation is 1. The van der Waals surface area contributed by atoms with Crippen LogP contribution < -0.4 is 0 Å². The predicted octanol–water partition coefficient (Wildman–Crippen LogP) is 5.13. The zero-order valence-electron chi connectivity index (χ0n) is 18.2. The van der Waals surface area contributed by atoms with Crippen molar-refractivity contribution in [1.29, 1.82) is 0 Å². The fraction of sp³-hybridized carbons (Fsp3) is 0.280. The van der Waals surface area contributed by atoms with E-state index >= 15 is 4.39 Å². The Kier molecular flexibility index (Phi) is 5.27. The van der Waals surface area contributed by atoms with Crippen LogP contribution in [0.4, 0.5) is 4.39 Å². The van der Waals surface area contributed by atoms with E-state index in [1.807, 2.05) is 25.3 Å². The van der Waals surface area contributed by atoms with Gasteiger partial charge in [-0.05, 0) is 68.3 Å². The lowest BCUT2D eigenvalue weighted by Gasteiger charge is -2.14. The van der Waals surface area contributed by atoms with E-state index in [2.05, 4.69) is 38.2 Å². The van der Waals surface area contributed by atoms with Crippen molar-refractivity contribution in [2.24, 2.45) is 0 Å². The molecule has 2 aromatic carbocycles. The van der Waals surface area contributed by atoms with E-state index in [4.69, 9.17) is 0 Å². The number of hydrogen-bond donors (Lipinski definition) is 3. The molecule has 0 radical (unpaired) electrons. The van der Waals surface area contributed by atoms with Crippen LogP contribution in [0, 0.1) is 5.82 Å². The Labute approximate surface area is 185 Å². The molecule has 32 heavy (non-hydrogen) atoms. The maximum absolute atomic E-state index is 15.5. The first-order chi connectivity index (χ1) is 15.5. The third kappa shape index (κ3) is 3.58. The van der Waals surface area contributed by atoms with Gasteiger partial charge in [0.05, 0.1) is 5.69 Å². The van der Waals surface area contributed by atoms with Gasteiger partial charge in [-0.1, -0.05) is 25.1 Å². The summed E-state index contributed by atoms with van der Waals surface area (Å²) in [6.07, 6.45) is 9.12. The average Bonchev–Trinajstić information content (AvgIpc) is 3.52. The summed E-state index contributed by atoms with van der Waals surface area (Å²) in [6.45, 7) is 3.11. The van der Waals surface area contributed by atoms with Crippen molar-refractivity contribution >= 4 is 17.0 Å². The van der Waals surface area contributed by atoms with E-state index in [-0.39, 0.29) is 11.6 Å². The lowest BCUT2D eigenvalue weighted by molar-refractivity contribution is 0.358. The molecule has 1 fully saturated rings. The van der Waals surface area contributed by atoms with Crippen LogP contribution >= 0.6 is 0 Å². The normalized spacial score (nSPS) is 17.2. The zero-order chi connectivity index (χ0) is 22.2. The fourth-order valence-corrected chi connectivity index (χ4v) is 4.51. The number of benzene rings is 2. The Balaban J connectivity index is 1.48. The van der Waals surface area contributed by atoms with Crippen LogP contribution in [0.1, 0.15) is 31.0 Å². The minimum absolute atomic E-state index is 0.179. The van der Waals surface area contributed by atoms with Gasteiger partial charge in [0, 0.05) is 23.2 Å². The maximum Gasteiger partial charge on any atom is 0.159 e. The number of likely N-dealkylation sites (tertiary alicyclic amines) is 1. The summed E-state index contributed by atoms with van der Waals surface area (Å²) in [4.78, 5) is 10.1. The molecule has 1 saturated heterocycles. The third-order valence-corrected chi connectivity index (χ3v) is 6.32. The van der Waals surface area contributed by atoms with Gasteiger partial charge in [-0.3, -0.25) is 10.00 Å². The first-order valence-electron chi connectivity index (χ1n) is 11.0. The van der Waals surface area contributed by atoms with Crippen LogP contribution in [0.15, 0.2) is 42.6 Å². The SMILES string of the molecule is CCc1cc(O)ccc1-c1ccc2c(-c3nc(/C=C/[C@@H]4CCCN4C)c[nH]3)n[nH]c2c1F. The minimum atomic E-state index is -0.363. The first-order valence-corrected chi connectivity index (χ1v) is 11.0. The Morgan fingerprint density at radius 1 is 1.25 bits per heavy atom. The lowest BCUT2D eigenvalue weighted by atomic mass is 9.96. The number of nitrogens with zero attached hydrogens (tertiary/aromatic N) is 3. The minimum Gasteiger partial charge on any atom is -0.508 e. The number of halogens is 1. The summed E-state index contributed by atoms with van der Waals surface area (Å²) in [7, 11) is 2.14. The number of aromatic nitrogens is 4. The maximum atomic E-state index is 15.5. The number of H-pyrrole nitrogens is 2. The number of hydrogen-bond acceptors (Lipinski definition) is 4. The van der Waals surface area contributed by atoms with Crippen LogP contribution in [-0.4, -0.2) is 49.8 Å². The molecule has 1 atom stereocenters. The summed E-state index contributed by atoms with van der Waals surface area (Å²) in [5.41, 5.74) is 3.89. The molecule has 0 bridgehead atoms. The molecular weight excluding hydrogens is 405 g/mol. The number of imidazole rings is 1. The molecule has 4 aromatic rings. The number of aromatic amines is 2. The Morgan fingerprint density at radius 2 is 2.09 bits per heavy atom. The van der Waals surface area contributed by atoms with Crippen molar-refractivity contribution in [3.63, 3.8) is 0 Å². The van der Waals surface area contributed by atoms with Gasteiger partial charge in [-0.15, -0.1) is 0 Å². The van der Waals surface area contributed by atoms with E-state index in [0.717, 1.165) is 29.8 Å². The lowest BCUT2D eigenvalue weighted by Crippen LogP contribution is -2.22. The number of aromatic hydroxyl groups is 1. The highest BCUT2D eigenvalue weighted by molar-refractivity contribution is 5.94. The number of rotatable bonds is 5. The zero-order valence-corrected chi connectivity index (χ0v) is 18.2. The van der Waals surface area contributed by atoms with Crippen molar-refractivity contribution < 1.29 is 9.50 Å². The van der Waals surface area contributed by atoms with Gasteiger partial charge in [0.2, 0.25) is 0 Å². The molecule has 5 rings (SSSR count). The monoisotopic (exact) mass is 431 g/mol. The smallest absolute Gasteiger partial charge is 0.159 e. The van der Waals surface area contributed by atoms with E-state index in [0.29, 0.717) is 40.4 Å². The van der Waals surface area contributed by atoms with Crippen molar-refractivity contribution in [2.75, 3.05) is 13.6 Å². The van der Waals surface area contributed by atoms with Crippen LogP contribution in [0.2, 0.25) is 0 Å². The molecule has 1 aliphatic rings. The Hall–Kier alpha value is -3.45.